The van der Waals surface area contributed by atoms with Gasteiger partial charge in [-0.3, -0.25) is 13.9 Å². The van der Waals surface area contributed by atoms with Crippen LogP contribution in [0.15, 0.2) is 33.9 Å². The van der Waals surface area contributed by atoms with Gasteiger partial charge in [0.15, 0.2) is 0 Å². The molecular formula is C21H18N4O4. The molecule has 2 aromatic heterocycles. The van der Waals surface area contributed by atoms with E-state index in [0.717, 1.165) is 9.95 Å². The molecule has 1 aliphatic rings. The fourth-order valence-corrected chi connectivity index (χ4v) is 3.97. The number of carbonyl (C=O) groups excluding carboxylic acids is 1. The minimum Gasteiger partial charge on any atom is -0.465 e. The molecule has 29 heavy (non-hydrogen) atoms. The fraction of sp³-hybridized carbons (Fsp3) is 0.286. The molecule has 0 saturated carbocycles. The molecule has 0 spiro atoms. The van der Waals surface area contributed by atoms with Crippen LogP contribution in [-0.2, 0) is 24.2 Å². The number of carbonyl (C=O) groups is 1. The van der Waals surface area contributed by atoms with Crippen molar-refractivity contribution in [3.8, 4) is 6.07 Å². The van der Waals surface area contributed by atoms with E-state index in [-0.39, 0.29) is 23.4 Å². The maximum absolute atomic E-state index is 12.9. The normalized spacial score (nSPS) is 12.6. The van der Waals surface area contributed by atoms with Crippen LogP contribution in [0.2, 0.25) is 0 Å². The van der Waals surface area contributed by atoms with E-state index in [2.05, 4.69) is 4.98 Å². The van der Waals surface area contributed by atoms with Crippen LogP contribution in [0.3, 0.4) is 0 Å². The predicted octanol–water partition coefficient (Wildman–Crippen LogP) is 1.52. The summed E-state index contributed by atoms with van der Waals surface area (Å²) in [6, 6.07) is 9.24. The summed E-state index contributed by atoms with van der Waals surface area (Å²) in [6.45, 7) is 2.01. The van der Waals surface area contributed by atoms with Crippen molar-refractivity contribution in [3.63, 3.8) is 0 Å². The lowest BCUT2D eigenvalue weighted by atomic mass is 10.0. The highest BCUT2D eigenvalue weighted by molar-refractivity contribution is 5.98. The molecule has 0 atom stereocenters. The van der Waals surface area contributed by atoms with Crippen molar-refractivity contribution in [3.05, 3.63) is 73.2 Å². The van der Waals surface area contributed by atoms with Crippen LogP contribution >= 0.6 is 0 Å². The summed E-state index contributed by atoms with van der Waals surface area (Å²) in [7, 11) is 1.27. The fourth-order valence-electron chi connectivity index (χ4n) is 3.97. The van der Waals surface area contributed by atoms with E-state index in [0.29, 0.717) is 36.2 Å². The summed E-state index contributed by atoms with van der Waals surface area (Å²) < 4.78 is 7.37. The smallest absolute Gasteiger partial charge is 0.340 e. The van der Waals surface area contributed by atoms with Gasteiger partial charge < -0.3 is 4.74 Å². The van der Waals surface area contributed by atoms with Crippen LogP contribution in [0.25, 0.3) is 10.9 Å². The highest BCUT2D eigenvalue weighted by atomic mass is 16.5. The summed E-state index contributed by atoms with van der Waals surface area (Å²) in [6.07, 6.45) is 1.23. The number of aromatic nitrogens is 3. The average Bonchev–Trinajstić information content (AvgIpc) is 3.21. The number of fused-ring (bicyclic) bond motifs is 2. The van der Waals surface area contributed by atoms with Crippen molar-refractivity contribution in [1.29, 1.82) is 5.26 Å². The van der Waals surface area contributed by atoms with Crippen LogP contribution in [0.4, 0.5) is 0 Å². The Morgan fingerprint density at radius 2 is 2.07 bits per heavy atom. The van der Waals surface area contributed by atoms with Crippen molar-refractivity contribution in [2.45, 2.75) is 32.9 Å². The molecule has 0 aliphatic carbocycles. The maximum Gasteiger partial charge on any atom is 0.340 e. The van der Waals surface area contributed by atoms with E-state index in [1.165, 1.54) is 11.7 Å². The van der Waals surface area contributed by atoms with E-state index in [9.17, 15) is 19.6 Å². The summed E-state index contributed by atoms with van der Waals surface area (Å²) >= 11 is 0. The largest absolute Gasteiger partial charge is 0.465 e. The zero-order chi connectivity index (χ0) is 20.7. The van der Waals surface area contributed by atoms with E-state index < -0.39 is 17.2 Å². The molecule has 0 fully saturated rings. The zero-order valence-electron chi connectivity index (χ0n) is 16.1. The van der Waals surface area contributed by atoms with Crippen molar-refractivity contribution >= 4 is 16.9 Å². The molecule has 0 bridgehead atoms. The Hall–Kier alpha value is -3.73. The van der Waals surface area contributed by atoms with Gasteiger partial charge in [0.05, 0.1) is 30.4 Å². The van der Waals surface area contributed by atoms with Crippen LogP contribution in [0.1, 0.15) is 39.3 Å². The molecule has 0 radical (unpaired) electrons. The number of pyridine rings is 1. The molecular weight excluding hydrogens is 372 g/mol. The third-order valence-electron chi connectivity index (χ3n) is 5.37. The SMILES string of the molecule is COC(=O)c1c(Cn2c(=O)c(C#N)c3n(c2=O)CCC3)nc2ccccc2c1C. The van der Waals surface area contributed by atoms with Crippen molar-refractivity contribution in [1.82, 2.24) is 14.1 Å². The van der Waals surface area contributed by atoms with Gasteiger partial charge in [-0.1, -0.05) is 18.2 Å². The molecule has 3 aromatic rings. The number of esters is 1. The van der Waals surface area contributed by atoms with Gasteiger partial charge in [-0.25, -0.2) is 14.6 Å². The second kappa shape index (κ2) is 7.02. The monoisotopic (exact) mass is 390 g/mol. The topological polar surface area (TPSA) is 107 Å². The lowest BCUT2D eigenvalue weighted by Crippen LogP contribution is -2.42. The highest BCUT2D eigenvalue weighted by Crippen LogP contribution is 2.24. The molecule has 8 heteroatoms. The zero-order valence-corrected chi connectivity index (χ0v) is 16.1. The first-order valence-corrected chi connectivity index (χ1v) is 9.21. The Kier molecular flexibility index (Phi) is 4.51. The number of ether oxygens (including phenoxy) is 1. The molecule has 1 aliphatic heterocycles. The number of methoxy groups -OCH3 is 1. The lowest BCUT2D eigenvalue weighted by Gasteiger charge is -2.15. The molecule has 4 rings (SSSR count). The Bertz CT molecular complexity index is 1330. The third-order valence-corrected chi connectivity index (χ3v) is 5.37. The second-order valence-corrected chi connectivity index (χ2v) is 6.93. The van der Waals surface area contributed by atoms with Crippen molar-refractivity contribution in [2.75, 3.05) is 7.11 Å². The number of aryl methyl sites for hydroxylation is 1. The number of hydrogen-bond donors (Lipinski definition) is 0. The van der Waals surface area contributed by atoms with Crippen LogP contribution in [0.5, 0.6) is 0 Å². The van der Waals surface area contributed by atoms with Crippen LogP contribution < -0.4 is 11.2 Å². The van der Waals surface area contributed by atoms with E-state index in [1.54, 1.807) is 13.0 Å². The number of rotatable bonds is 3. The van der Waals surface area contributed by atoms with E-state index >= 15 is 0 Å². The summed E-state index contributed by atoms with van der Waals surface area (Å²) in [5.74, 6) is -0.592. The molecule has 3 heterocycles. The Balaban J connectivity index is 1.99. The van der Waals surface area contributed by atoms with Gasteiger partial charge in [-0.05, 0) is 31.4 Å². The Morgan fingerprint density at radius 1 is 1.31 bits per heavy atom. The standard InChI is InChI=1S/C21H18N4O4/c1-12-13-6-3-4-7-15(13)23-16(18(12)20(27)29-2)11-25-19(26)14(10-22)17-8-5-9-24(17)21(25)28/h3-4,6-7H,5,8-9,11H2,1-2H3. The highest BCUT2D eigenvalue weighted by Gasteiger charge is 2.25. The average molecular weight is 390 g/mol. The molecule has 0 saturated heterocycles. The van der Waals surface area contributed by atoms with E-state index in [1.807, 2.05) is 24.3 Å². The molecule has 0 N–H and O–H groups in total. The van der Waals surface area contributed by atoms with Crippen LogP contribution in [-0.4, -0.2) is 27.2 Å². The first kappa shape index (κ1) is 18.6. The van der Waals surface area contributed by atoms with Gasteiger partial charge in [0.25, 0.3) is 5.56 Å². The van der Waals surface area contributed by atoms with Gasteiger partial charge in [0, 0.05) is 17.6 Å². The number of nitrogens with zero attached hydrogens (tertiary/aromatic N) is 4. The number of para-hydroxylation sites is 1. The first-order valence-electron chi connectivity index (χ1n) is 9.21. The van der Waals surface area contributed by atoms with Crippen molar-refractivity contribution in [2.24, 2.45) is 0 Å². The minimum atomic E-state index is -0.658. The number of nitriles is 1. The predicted molar refractivity (Wildman–Crippen MR) is 105 cm³/mol. The number of benzene rings is 1. The second-order valence-electron chi connectivity index (χ2n) is 6.93. The van der Waals surface area contributed by atoms with Crippen LogP contribution in [0, 0.1) is 18.3 Å². The first-order chi connectivity index (χ1) is 14.0. The molecule has 8 nitrogen and oxygen atoms in total. The molecule has 0 unspecified atom stereocenters. The van der Waals surface area contributed by atoms with E-state index in [4.69, 9.17) is 4.74 Å². The third kappa shape index (κ3) is 2.83. The van der Waals surface area contributed by atoms with Gasteiger partial charge in [-0.2, -0.15) is 5.26 Å². The lowest BCUT2D eigenvalue weighted by molar-refractivity contribution is 0.0598. The van der Waals surface area contributed by atoms with Gasteiger partial charge in [-0.15, -0.1) is 0 Å². The summed E-state index contributed by atoms with van der Waals surface area (Å²) in [5.41, 5.74) is 1.08. The summed E-state index contributed by atoms with van der Waals surface area (Å²) in [5, 5.41) is 10.2. The molecule has 146 valence electrons. The minimum absolute atomic E-state index is 0.0285. The number of hydrogen-bond acceptors (Lipinski definition) is 6. The van der Waals surface area contributed by atoms with Crippen molar-refractivity contribution < 1.29 is 9.53 Å². The molecule has 0 amide bonds. The summed E-state index contributed by atoms with van der Waals surface area (Å²) in [4.78, 5) is 42.8. The van der Waals surface area contributed by atoms with Gasteiger partial charge in [0.2, 0.25) is 0 Å². The molecule has 1 aromatic carbocycles. The maximum atomic E-state index is 12.9. The van der Waals surface area contributed by atoms with Gasteiger partial charge in [0.1, 0.15) is 11.6 Å². The Morgan fingerprint density at radius 3 is 2.79 bits per heavy atom. The van der Waals surface area contributed by atoms with Gasteiger partial charge >= 0.3 is 11.7 Å². The Labute approximate surface area is 165 Å². The quantitative estimate of drug-likeness (QED) is 0.628.